The summed E-state index contributed by atoms with van der Waals surface area (Å²) in [5.74, 6) is 0.666. The van der Waals surface area contributed by atoms with Gasteiger partial charge < -0.3 is 4.74 Å². The molecule has 0 aliphatic carbocycles. The predicted octanol–water partition coefficient (Wildman–Crippen LogP) is 4.64. The molecule has 0 aliphatic heterocycles. The quantitative estimate of drug-likeness (QED) is 0.730. The molecule has 2 aromatic rings. The van der Waals surface area contributed by atoms with Crippen LogP contribution in [0.15, 0.2) is 42.5 Å². The maximum atomic E-state index is 9.35. The van der Waals surface area contributed by atoms with Crippen LogP contribution in [0.3, 0.4) is 0 Å². The summed E-state index contributed by atoms with van der Waals surface area (Å²) in [6.45, 7) is 4.72. The van der Waals surface area contributed by atoms with Gasteiger partial charge in [0.25, 0.3) is 0 Å². The van der Waals surface area contributed by atoms with Crippen molar-refractivity contribution in [1.82, 2.24) is 0 Å². The highest BCUT2D eigenvalue weighted by molar-refractivity contribution is 5.36. The van der Waals surface area contributed by atoms with Gasteiger partial charge in [0.2, 0.25) is 0 Å². The minimum Gasteiger partial charge on any atom is -0.494 e. The summed E-state index contributed by atoms with van der Waals surface area (Å²) in [5, 5.41) is 18.3. The third kappa shape index (κ3) is 4.59. The highest BCUT2D eigenvalue weighted by Crippen LogP contribution is 2.22. The molecule has 23 heavy (non-hydrogen) atoms. The van der Waals surface area contributed by atoms with Crippen molar-refractivity contribution in [3.8, 4) is 17.9 Å². The first-order chi connectivity index (χ1) is 11.1. The fraction of sp³-hybridized carbons (Fsp3) is 0.300. The standard InChI is InChI=1S/C20H20N2O/c1-15-8-9-20(11-16(15)2)23-10-4-7-19(14-22)18-6-3-5-17(12-18)13-21/h3,5-6,8-9,11-12,19H,4,7,10H2,1-2H3. The Balaban J connectivity index is 1.87. The number of hydrogen-bond acceptors (Lipinski definition) is 3. The molecule has 0 radical (unpaired) electrons. The van der Waals surface area contributed by atoms with Crippen LogP contribution in [0.5, 0.6) is 5.75 Å². The monoisotopic (exact) mass is 304 g/mol. The van der Waals surface area contributed by atoms with Gasteiger partial charge in [-0.15, -0.1) is 0 Å². The van der Waals surface area contributed by atoms with Gasteiger partial charge in [-0.05, 0) is 67.6 Å². The number of nitrogens with zero attached hydrogens (tertiary/aromatic N) is 2. The van der Waals surface area contributed by atoms with Crippen molar-refractivity contribution < 1.29 is 4.74 Å². The average molecular weight is 304 g/mol. The Morgan fingerprint density at radius 3 is 2.57 bits per heavy atom. The third-order valence-corrected chi connectivity index (χ3v) is 3.96. The Bertz CT molecular complexity index is 753. The number of ether oxygens (including phenoxy) is 1. The summed E-state index contributed by atoms with van der Waals surface area (Å²) in [6, 6.07) is 17.8. The topological polar surface area (TPSA) is 56.8 Å². The zero-order valence-corrected chi connectivity index (χ0v) is 13.5. The van der Waals surface area contributed by atoms with Gasteiger partial charge in [-0.25, -0.2) is 0 Å². The first-order valence-corrected chi connectivity index (χ1v) is 7.74. The lowest BCUT2D eigenvalue weighted by molar-refractivity contribution is 0.304. The molecule has 0 saturated carbocycles. The SMILES string of the molecule is Cc1ccc(OCCCC(C#N)c2cccc(C#N)c2)cc1C. The van der Waals surface area contributed by atoms with E-state index in [9.17, 15) is 5.26 Å². The van der Waals surface area contributed by atoms with Crippen molar-refractivity contribution in [2.45, 2.75) is 32.6 Å². The third-order valence-electron chi connectivity index (χ3n) is 3.96. The van der Waals surface area contributed by atoms with Crippen molar-refractivity contribution in [3.63, 3.8) is 0 Å². The van der Waals surface area contributed by atoms with Crippen molar-refractivity contribution in [2.24, 2.45) is 0 Å². The highest BCUT2D eigenvalue weighted by atomic mass is 16.5. The number of benzene rings is 2. The van der Waals surface area contributed by atoms with Crippen molar-refractivity contribution in [3.05, 3.63) is 64.7 Å². The van der Waals surface area contributed by atoms with Crippen LogP contribution < -0.4 is 4.74 Å². The maximum absolute atomic E-state index is 9.35. The van der Waals surface area contributed by atoms with E-state index in [2.05, 4.69) is 32.1 Å². The van der Waals surface area contributed by atoms with Crippen LogP contribution in [0.25, 0.3) is 0 Å². The van der Waals surface area contributed by atoms with E-state index in [1.165, 1.54) is 11.1 Å². The van der Waals surface area contributed by atoms with E-state index in [-0.39, 0.29) is 5.92 Å². The van der Waals surface area contributed by atoms with E-state index in [1.54, 1.807) is 12.1 Å². The molecule has 0 bridgehead atoms. The van der Waals surface area contributed by atoms with E-state index in [4.69, 9.17) is 10.00 Å². The highest BCUT2D eigenvalue weighted by Gasteiger charge is 2.11. The van der Waals surface area contributed by atoms with Gasteiger partial charge >= 0.3 is 0 Å². The zero-order valence-electron chi connectivity index (χ0n) is 13.5. The van der Waals surface area contributed by atoms with Crippen LogP contribution in [0.1, 0.15) is 41.0 Å². The minimum atomic E-state index is -0.202. The van der Waals surface area contributed by atoms with Crippen molar-refractivity contribution >= 4 is 0 Å². The Morgan fingerprint density at radius 1 is 1.04 bits per heavy atom. The van der Waals surface area contributed by atoms with Crippen LogP contribution in [-0.2, 0) is 0 Å². The molecule has 0 fully saturated rings. The Hall–Kier alpha value is -2.78. The molecule has 0 spiro atoms. The molecule has 0 amide bonds. The summed E-state index contributed by atoms with van der Waals surface area (Å²) in [6.07, 6.45) is 1.51. The minimum absolute atomic E-state index is 0.202. The maximum Gasteiger partial charge on any atom is 0.119 e. The van der Waals surface area contributed by atoms with Gasteiger partial charge in [0.05, 0.1) is 30.2 Å². The normalized spacial score (nSPS) is 11.3. The Kier molecular flexibility index (Phi) is 5.78. The molecule has 2 rings (SSSR count). The van der Waals surface area contributed by atoms with Gasteiger partial charge in [0.15, 0.2) is 0 Å². The van der Waals surface area contributed by atoms with Gasteiger partial charge in [-0.1, -0.05) is 18.2 Å². The second-order valence-electron chi connectivity index (χ2n) is 5.66. The molecule has 3 heteroatoms. The predicted molar refractivity (Wildman–Crippen MR) is 90.2 cm³/mol. The lowest BCUT2D eigenvalue weighted by Gasteiger charge is -2.11. The van der Waals surface area contributed by atoms with Crippen LogP contribution in [-0.4, -0.2) is 6.61 Å². The molecule has 2 aromatic carbocycles. The van der Waals surface area contributed by atoms with Crippen LogP contribution >= 0.6 is 0 Å². The fourth-order valence-corrected chi connectivity index (χ4v) is 2.41. The second kappa shape index (κ2) is 8.01. The lowest BCUT2D eigenvalue weighted by atomic mass is 9.94. The van der Waals surface area contributed by atoms with E-state index in [1.807, 2.05) is 24.3 Å². The summed E-state index contributed by atoms with van der Waals surface area (Å²) < 4.78 is 5.76. The van der Waals surface area contributed by atoms with Crippen LogP contribution in [0.2, 0.25) is 0 Å². The molecule has 0 saturated heterocycles. The summed E-state index contributed by atoms with van der Waals surface area (Å²) in [4.78, 5) is 0. The first kappa shape index (κ1) is 16.6. The molecule has 0 aromatic heterocycles. The molecule has 0 aliphatic rings. The fourth-order valence-electron chi connectivity index (χ4n) is 2.41. The molecule has 0 heterocycles. The number of aryl methyl sites for hydroxylation is 2. The number of hydrogen-bond donors (Lipinski definition) is 0. The molecule has 3 nitrogen and oxygen atoms in total. The molecule has 0 N–H and O–H groups in total. The van der Waals surface area contributed by atoms with Gasteiger partial charge in [-0.2, -0.15) is 10.5 Å². The van der Waals surface area contributed by atoms with Crippen molar-refractivity contribution in [2.75, 3.05) is 6.61 Å². The smallest absolute Gasteiger partial charge is 0.119 e. The molecular weight excluding hydrogens is 284 g/mol. The van der Waals surface area contributed by atoms with E-state index in [0.29, 0.717) is 12.2 Å². The number of nitriles is 2. The number of rotatable bonds is 6. The first-order valence-electron chi connectivity index (χ1n) is 7.74. The second-order valence-corrected chi connectivity index (χ2v) is 5.66. The molecule has 1 unspecified atom stereocenters. The molecule has 116 valence electrons. The van der Waals surface area contributed by atoms with Crippen molar-refractivity contribution in [1.29, 1.82) is 10.5 Å². The Labute approximate surface area is 137 Å². The lowest BCUT2D eigenvalue weighted by Crippen LogP contribution is -2.02. The molecular formula is C20H20N2O. The van der Waals surface area contributed by atoms with E-state index in [0.717, 1.165) is 24.2 Å². The van der Waals surface area contributed by atoms with Gasteiger partial charge in [0.1, 0.15) is 5.75 Å². The zero-order chi connectivity index (χ0) is 16.7. The largest absolute Gasteiger partial charge is 0.494 e. The Morgan fingerprint density at radius 2 is 1.87 bits per heavy atom. The van der Waals surface area contributed by atoms with E-state index >= 15 is 0 Å². The van der Waals surface area contributed by atoms with Gasteiger partial charge in [-0.3, -0.25) is 0 Å². The van der Waals surface area contributed by atoms with Gasteiger partial charge in [0, 0.05) is 0 Å². The summed E-state index contributed by atoms with van der Waals surface area (Å²) in [5.41, 5.74) is 3.96. The summed E-state index contributed by atoms with van der Waals surface area (Å²) >= 11 is 0. The van der Waals surface area contributed by atoms with E-state index < -0.39 is 0 Å². The van der Waals surface area contributed by atoms with Crippen LogP contribution in [0.4, 0.5) is 0 Å². The molecule has 1 atom stereocenters. The van der Waals surface area contributed by atoms with Crippen LogP contribution in [0, 0.1) is 36.5 Å². The summed E-state index contributed by atoms with van der Waals surface area (Å²) in [7, 11) is 0. The average Bonchev–Trinajstić information content (AvgIpc) is 2.58.